The molecular weight excluding hydrogens is 347 g/mol. The second-order valence-electron chi connectivity index (χ2n) is 6.94. The van der Waals surface area contributed by atoms with Gasteiger partial charge >= 0.3 is 6.18 Å². The van der Waals surface area contributed by atoms with Gasteiger partial charge in [0.25, 0.3) is 0 Å². The van der Waals surface area contributed by atoms with Crippen LogP contribution < -0.4 is 4.90 Å². The highest BCUT2D eigenvalue weighted by atomic mass is 19.4. The third-order valence-corrected chi connectivity index (χ3v) is 5.05. The van der Waals surface area contributed by atoms with E-state index in [4.69, 9.17) is 0 Å². The summed E-state index contributed by atoms with van der Waals surface area (Å²) in [6.45, 7) is 1.20. The Morgan fingerprint density at radius 2 is 1.96 bits per heavy atom. The van der Waals surface area contributed by atoms with E-state index < -0.39 is 11.9 Å². The van der Waals surface area contributed by atoms with Crippen LogP contribution in [0.4, 0.5) is 19.1 Å². The lowest BCUT2D eigenvalue weighted by Crippen LogP contribution is -2.32. The zero-order valence-electron chi connectivity index (χ0n) is 14.2. The Morgan fingerprint density at radius 1 is 1.15 bits per heavy atom. The molecule has 0 saturated carbocycles. The molecular formula is C17H20F3N5O. The Morgan fingerprint density at radius 3 is 2.73 bits per heavy atom. The SMILES string of the molecule is OCC1CN(c2nc3c(c(C(F)(F)F)n2)CCCC3)Cc2ccnn2C1. The average Bonchev–Trinajstić information content (AvgIpc) is 2.97. The van der Waals surface area contributed by atoms with Crippen LogP contribution in [0.2, 0.25) is 0 Å². The van der Waals surface area contributed by atoms with Crippen LogP contribution in [-0.4, -0.2) is 38.0 Å². The molecule has 0 amide bonds. The van der Waals surface area contributed by atoms with E-state index in [1.807, 2.05) is 6.07 Å². The monoisotopic (exact) mass is 367 g/mol. The molecule has 3 heterocycles. The normalized spacial score (nSPS) is 20.5. The summed E-state index contributed by atoms with van der Waals surface area (Å²) in [5, 5.41) is 13.9. The summed E-state index contributed by atoms with van der Waals surface area (Å²) < 4.78 is 42.5. The molecule has 9 heteroatoms. The van der Waals surface area contributed by atoms with E-state index in [0.29, 0.717) is 38.2 Å². The largest absolute Gasteiger partial charge is 0.433 e. The topological polar surface area (TPSA) is 67.1 Å². The van der Waals surface area contributed by atoms with Crippen LogP contribution in [0.3, 0.4) is 0 Å². The van der Waals surface area contributed by atoms with Crippen molar-refractivity contribution < 1.29 is 18.3 Å². The number of halogens is 3. The second-order valence-corrected chi connectivity index (χ2v) is 6.94. The number of hydrogen-bond acceptors (Lipinski definition) is 5. The predicted molar refractivity (Wildman–Crippen MR) is 87.5 cm³/mol. The third kappa shape index (κ3) is 3.15. The maximum atomic E-state index is 13.6. The van der Waals surface area contributed by atoms with E-state index in [9.17, 15) is 18.3 Å². The van der Waals surface area contributed by atoms with E-state index in [-0.39, 0.29) is 24.0 Å². The molecule has 0 aromatic carbocycles. The number of aryl methyl sites for hydroxylation is 1. The summed E-state index contributed by atoms with van der Waals surface area (Å²) >= 11 is 0. The van der Waals surface area contributed by atoms with E-state index in [0.717, 1.165) is 18.5 Å². The Labute approximate surface area is 148 Å². The second kappa shape index (κ2) is 6.53. The van der Waals surface area contributed by atoms with Crippen molar-refractivity contribution in [3.8, 4) is 0 Å². The molecule has 0 spiro atoms. The summed E-state index contributed by atoms with van der Waals surface area (Å²) in [4.78, 5) is 10.1. The van der Waals surface area contributed by atoms with Crippen LogP contribution in [0.5, 0.6) is 0 Å². The molecule has 1 aliphatic heterocycles. The predicted octanol–water partition coefficient (Wildman–Crippen LogP) is 2.20. The zero-order chi connectivity index (χ0) is 18.3. The molecule has 2 aromatic rings. The van der Waals surface area contributed by atoms with Gasteiger partial charge in [0.05, 0.1) is 12.2 Å². The van der Waals surface area contributed by atoms with Gasteiger partial charge in [-0.05, 0) is 31.7 Å². The van der Waals surface area contributed by atoms with Gasteiger partial charge in [0, 0.05) is 43.1 Å². The summed E-state index contributed by atoms with van der Waals surface area (Å²) in [6.07, 6.45) is -0.355. The fraction of sp³-hybridized carbons (Fsp3) is 0.588. The molecule has 4 rings (SSSR count). The fourth-order valence-electron chi connectivity index (χ4n) is 3.76. The number of alkyl halides is 3. The smallest absolute Gasteiger partial charge is 0.396 e. The maximum Gasteiger partial charge on any atom is 0.433 e. The fourth-order valence-corrected chi connectivity index (χ4v) is 3.76. The van der Waals surface area contributed by atoms with Gasteiger partial charge in [0.15, 0.2) is 5.69 Å². The molecule has 1 unspecified atom stereocenters. The van der Waals surface area contributed by atoms with E-state index >= 15 is 0 Å². The van der Waals surface area contributed by atoms with Gasteiger partial charge < -0.3 is 10.0 Å². The molecule has 2 aromatic heterocycles. The lowest BCUT2D eigenvalue weighted by Gasteiger charge is -2.27. The summed E-state index contributed by atoms with van der Waals surface area (Å²) in [6, 6.07) is 1.83. The van der Waals surface area contributed by atoms with Crippen molar-refractivity contribution in [1.29, 1.82) is 0 Å². The maximum absolute atomic E-state index is 13.6. The van der Waals surface area contributed by atoms with Gasteiger partial charge in [-0.25, -0.2) is 9.97 Å². The van der Waals surface area contributed by atoms with E-state index in [1.54, 1.807) is 15.8 Å². The zero-order valence-corrected chi connectivity index (χ0v) is 14.2. The molecule has 6 nitrogen and oxygen atoms in total. The lowest BCUT2D eigenvalue weighted by atomic mass is 9.94. The third-order valence-electron chi connectivity index (χ3n) is 5.05. The van der Waals surface area contributed by atoms with Gasteiger partial charge in [-0.3, -0.25) is 4.68 Å². The first kappa shape index (κ1) is 17.3. The number of fused-ring (bicyclic) bond motifs is 2. The van der Waals surface area contributed by atoms with Crippen molar-refractivity contribution in [2.45, 2.75) is 44.9 Å². The van der Waals surface area contributed by atoms with Gasteiger partial charge in [-0.15, -0.1) is 0 Å². The van der Waals surface area contributed by atoms with Crippen LogP contribution in [0.25, 0.3) is 0 Å². The van der Waals surface area contributed by atoms with Gasteiger partial charge in [-0.2, -0.15) is 18.3 Å². The number of aliphatic hydroxyl groups is 1. The Kier molecular flexibility index (Phi) is 4.34. The van der Waals surface area contributed by atoms with Crippen molar-refractivity contribution in [3.05, 3.63) is 34.9 Å². The molecule has 2 aliphatic rings. The molecule has 1 atom stereocenters. The minimum absolute atomic E-state index is 0.0765. The van der Waals surface area contributed by atoms with Crippen molar-refractivity contribution in [2.24, 2.45) is 5.92 Å². The standard InChI is InChI=1S/C17H20F3N5O/c18-17(19,20)15-13-3-1-2-4-14(13)22-16(23-15)24-7-11(10-26)8-25-12(9-24)5-6-21-25/h5-6,11,26H,1-4,7-10H2. The lowest BCUT2D eigenvalue weighted by molar-refractivity contribution is -0.142. The Hall–Kier alpha value is -2.16. The highest BCUT2D eigenvalue weighted by Crippen LogP contribution is 2.36. The Balaban J connectivity index is 1.77. The average molecular weight is 367 g/mol. The molecule has 0 radical (unpaired) electrons. The quantitative estimate of drug-likeness (QED) is 0.882. The Bertz CT molecular complexity index is 804. The number of rotatable bonds is 2. The highest BCUT2D eigenvalue weighted by Gasteiger charge is 2.38. The summed E-state index contributed by atoms with van der Waals surface area (Å²) in [5.41, 5.74) is 0.810. The van der Waals surface area contributed by atoms with Crippen LogP contribution in [0, 0.1) is 5.92 Å². The first-order valence-corrected chi connectivity index (χ1v) is 8.79. The van der Waals surface area contributed by atoms with Crippen LogP contribution >= 0.6 is 0 Å². The molecule has 0 saturated heterocycles. The van der Waals surface area contributed by atoms with Crippen LogP contribution in [0.15, 0.2) is 12.3 Å². The van der Waals surface area contributed by atoms with Crippen molar-refractivity contribution in [2.75, 3.05) is 18.1 Å². The highest BCUT2D eigenvalue weighted by molar-refractivity contribution is 5.40. The van der Waals surface area contributed by atoms with Gasteiger partial charge in [0.2, 0.25) is 5.95 Å². The molecule has 1 N–H and O–H groups in total. The number of hydrogen-bond donors (Lipinski definition) is 1. The van der Waals surface area contributed by atoms with Crippen LogP contribution in [0.1, 0.15) is 35.5 Å². The van der Waals surface area contributed by atoms with Crippen molar-refractivity contribution in [3.63, 3.8) is 0 Å². The molecule has 1 aliphatic carbocycles. The first-order valence-electron chi connectivity index (χ1n) is 8.79. The van der Waals surface area contributed by atoms with Crippen molar-refractivity contribution in [1.82, 2.24) is 19.7 Å². The summed E-state index contributed by atoms with van der Waals surface area (Å²) in [7, 11) is 0. The molecule has 0 fully saturated rings. The van der Waals surface area contributed by atoms with Gasteiger partial charge in [-0.1, -0.05) is 0 Å². The minimum atomic E-state index is -4.50. The minimum Gasteiger partial charge on any atom is -0.396 e. The number of anilines is 1. The van der Waals surface area contributed by atoms with E-state index in [1.165, 1.54) is 0 Å². The van der Waals surface area contributed by atoms with E-state index in [2.05, 4.69) is 15.1 Å². The molecule has 140 valence electrons. The first-order chi connectivity index (χ1) is 12.5. The van der Waals surface area contributed by atoms with Gasteiger partial charge in [0.1, 0.15) is 0 Å². The number of aromatic nitrogens is 4. The van der Waals surface area contributed by atoms with Crippen LogP contribution in [-0.2, 0) is 32.1 Å². The number of aliphatic hydroxyl groups excluding tert-OH is 1. The molecule has 0 bridgehead atoms. The summed E-state index contributed by atoms with van der Waals surface area (Å²) in [5.74, 6) is -0.0591. The number of nitrogens with zero attached hydrogens (tertiary/aromatic N) is 5. The molecule has 26 heavy (non-hydrogen) atoms. The van der Waals surface area contributed by atoms with Crippen molar-refractivity contribution >= 4 is 5.95 Å².